The number of likely N-dealkylation sites (tertiary alicyclic amines) is 1. The van der Waals surface area contributed by atoms with Crippen LogP contribution in [0.3, 0.4) is 0 Å². The van der Waals surface area contributed by atoms with Crippen LogP contribution in [0.1, 0.15) is 61.3 Å². The smallest absolute Gasteiger partial charge is 0.407 e. The SMILES string of the molecule is COC(=O)N[C@H](C(=O)N1[C@@H]2CC2C[C@H]1c1ncc(-c2ccc3c(c2)COc2cc4c5c(ccc4cc2-3)N=C([C@@H]2CN(COC(F)F)CN2C(=O)[C@H](NC(=O)OC)c2ccccc2)C5)[nH]1)C(C)C. The highest BCUT2D eigenvalue weighted by atomic mass is 19.3. The zero-order valence-corrected chi connectivity index (χ0v) is 37.3. The summed E-state index contributed by atoms with van der Waals surface area (Å²) < 4.78 is 47.2. The van der Waals surface area contributed by atoms with E-state index in [4.69, 9.17) is 24.2 Å². The lowest BCUT2D eigenvalue weighted by Crippen LogP contribution is -2.52. The van der Waals surface area contributed by atoms with Gasteiger partial charge in [0.2, 0.25) is 5.91 Å². The van der Waals surface area contributed by atoms with Crippen molar-refractivity contribution in [3.63, 3.8) is 0 Å². The molecule has 1 unspecified atom stereocenters. The summed E-state index contributed by atoms with van der Waals surface area (Å²) in [5.41, 5.74) is 7.63. The molecule has 16 nitrogen and oxygen atoms in total. The lowest BCUT2D eigenvalue weighted by molar-refractivity contribution is -0.158. The summed E-state index contributed by atoms with van der Waals surface area (Å²) in [6.45, 7) is 0.898. The first-order valence-corrected chi connectivity index (χ1v) is 22.4. The van der Waals surface area contributed by atoms with Crippen LogP contribution < -0.4 is 15.4 Å². The van der Waals surface area contributed by atoms with Gasteiger partial charge in [-0.1, -0.05) is 62.4 Å². The summed E-state index contributed by atoms with van der Waals surface area (Å²) in [7, 11) is 2.50. The molecule has 6 atom stereocenters. The van der Waals surface area contributed by atoms with Gasteiger partial charge in [0.1, 0.15) is 37.0 Å². The predicted molar refractivity (Wildman–Crippen MR) is 241 cm³/mol. The number of hydrogen-bond donors (Lipinski definition) is 3. The molecule has 3 N–H and O–H groups in total. The number of nitrogens with one attached hydrogen (secondary N) is 3. The third kappa shape index (κ3) is 8.32. The number of H-pyrrole nitrogens is 1. The van der Waals surface area contributed by atoms with Crippen LogP contribution in [0.4, 0.5) is 24.1 Å². The van der Waals surface area contributed by atoms with Crippen molar-refractivity contribution in [2.45, 2.75) is 76.5 Å². The molecule has 67 heavy (non-hydrogen) atoms. The molecule has 4 aromatic carbocycles. The number of imidazole rings is 1. The molecule has 348 valence electrons. The number of piperidine rings is 1. The zero-order valence-electron chi connectivity index (χ0n) is 37.3. The van der Waals surface area contributed by atoms with Gasteiger partial charge in [0.25, 0.3) is 5.91 Å². The number of methoxy groups -OCH3 is 2. The van der Waals surface area contributed by atoms with Gasteiger partial charge in [0.15, 0.2) is 0 Å². The highest BCUT2D eigenvalue weighted by molar-refractivity contribution is 6.07. The fraction of sp³-hybridized carbons (Fsp3) is 0.388. The summed E-state index contributed by atoms with van der Waals surface area (Å²) in [5.74, 6) is 1.11. The largest absolute Gasteiger partial charge is 0.488 e. The number of aromatic amines is 1. The number of aliphatic imine (C=N–C) groups is 1. The number of aromatic nitrogens is 2. The van der Waals surface area contributed by atoms with Crippen LogP contribution in [0.2, 0.25) is 0 Å². The molecular weight excluding hydrogens is 867 g/mol. The monoisotopic (exact) mass is 916 g/mol. The molecule has 0 bridgehead atoms. The Morgan fingerprint density at radius 3 is 2.46 bits per heavy atom. The average Bonchev–Trinajstić information content (AvgIpc) is 3.81. The van der Waals surface area contributed by atoms with Crippen LogP contribution in [0.25, 0.3) is 33.2 Å². The third-order valence-corrected chi connectivity index (χ3v) is 13.6. The molecule has 1 aromatic heterocycles. The van der Waals surface area contributed by atoms with Crippen LogP contribution in [-0.2, 0) is 36.8 Å². The number of alkyl carbamates (subject to hydrolysis) is 2. The molecular formula is C49H50F2N8O8. The van der Waals surface area contributed by atoms with Gasteiger partial charge in [-0.2, -0.15) is 8.78 Å². The van der Waals surface area contributed by atoms with Gasteiger partial charge in [-0.15, -0.1) is 0 Å². The lowest BCUT2D eigenvalue weighted by Gasteiger charge is -2.31. The van der Waals surface area contributed by atoms with E-state index in [2.05, 4.69) is 44.6 Å². The summed E-state index contributed by atoms with van der Waals surface area (Å²) in [6.07, 6.45) is 2.51. The van der Waals surface area contributed by atoms with E-state index in [1.807, 2.05) is 36.9 Å². The van der Waals surface area contributed by atoms with Crippen molar-refractivity contribution >= 4 is 46.2 Å². The van der Waals surface area contributed by atoms with E-state index in [0.717, 1.165) is 68.6 Å². The van der Waals surface area contributed by atoms with Gasteiger partial charge in [-0.25, -0.2) is 14.6 Å². The van der Waals surface area contributed by atoms with Crippen molar-refractivity contribution in [3.8, 4) is 28.1 Å². The van der Waals surface area contributed by atoms with E-state index in [1.54, 1.807) is 46.3 Å². The number of rotatable bonds is 12. The van der Waals surface area contributed by atoms with Crippen LogP contribution in [-0.4, -0.2) is 113 Å². The van der Waals surface area contributed by atoms with Gasteiger partial charge in [-0.05, 0) is 87.5 Å². The Labute approximate surface area is 384 Å². The molecule has 1 aliphatic carbocycles. The number of hydrogen-bond acceptors (Lipinski definition) is 11. The zero-order chi connectivity index (χ0) is 46.7. The number of alkyl halides is 2. The molecule has 5 heterocycles. The maximum atomic E-state index is 14.4. The highest BCUT2D eigenvalue weighted by Crippen LogP contribution is 2.53. The first-order valence-electron chi connectivity index (χ1n) is 22.4. The van der Waals surface area contributed by atoms with Crippen molar-refractivity contribution in [1.29, 1.82) is 0 Å². The fourth-order valence-corrected chi connectivity index (χ4v) is 10.2. The van der Waals surface area contributed by atoms with E-state index < -0.39 is 49.6 Å². The first kappa shape index (κ1) is 43.9. The minimum absolute atomic E-state index is 0.0278. The van der Waals surface area contributed by atoms with E-state index in [-0.39, 0.29) is 37.1 Å². The summed E-state index contributed by atoms with van der Waals surface area (Å²) in [5, 5.41) is 7.30. The molecule has 4 amide bonds. The molecule has 1 saturated carbocycles. The number of ether oxygens (including phenoxy) is 4. The molecule has 5 aromatic rings. The van der Waals surface area contributed by atoms with Crippen LogP contribution >= 0.6 is 0 Å². The van der Waals surface area contributed by atoms with Gasteiger partial charge in [-0.3, -0.25) is 19.5 Å². The van der Waals surface area contributed by atoms with E-state index in [9.17, 15) is 28.0 Å². The first-order chi connectivity index (χ1) is 32.4. The number of carbonyl (C=O) groups excluding carboxylic acids is 4. The van der Waals surface area contributed by atoms with Gasteiger partial charge in [0.05, 0.1) is 50.6 Å². The van der Waals surface area contributed by atoms with Crippen LogP contribution in [0, 0.1) is 11.8 Å². The minimum Gasteiger partial charge on any atom is -0.488 e. The van der Waals surface area contributed by atoms with Crippen LogP contribution in [0.15, 0.2) is 84.0 Å². The molecule has 0 spiro atoms. The number of benzene rings is 4. The standard InChI is InChI=1S/C49H50F2N8O8/c1-25(2)42(55-48(62)64-3)46(61)59-38-16-29(38)17-39(59)44-52-20-37(54-44)28-10-12-31-30(14-28)22-66-41-19-32-27(15-34(31)41)11-13-35-33(32)18-36(53-35)40-21-57(24-67-47(50)51)23-58(40)45(60)43(56-49(63)65-4)26-8-6-5-7-9-26/h5-15,19-20,25,29,38-40,42-43,47H,16-18,21-24H2,1-4H3,(H,52,54)(H,55,62)(H,56,63)/t29?,38-,39+,40+,42+,43-/m1/s1. The second kappa shape index (κ2) is 17.7. The van der Waals surface area contributed by atoms with Crippen molar-refractivity contribution in [2.75, 3.05) is 34.2 Å². The number of carbonyl (C=O) groups is 4. The second-order valence-electron chi connectivity index (χ2n) is 18.0. The average molecular weight is 917 g/mol. The number of halogens is 2. The van der Waals surface area contributed by atoms with E-state index in [1.165, 1.54) is 14.2 Å². The maximum Gasteiger partial charge on any atom is 0.407 e. The molecule has 3 fully saturated rings. The van der Waals surface area contributed by atoms with Gasteiger partial charge < -0.3 is 44.4 Å². The predicted octanol–water partition coefficient (Wildman–Crippen LogP) is 7.22. The Morgan fingerprint density at radius 2 is 1.70 bits per heavy atom. The summed E-state index contributed by atoms with van der Waals surface area (Å²) in [6, 6.07) is 20.6. The molecule has 2 saturated heterocycles. The topological polar surface area (TPSA) is 180 Å². The number of fused-ring (bicyclic) bond motifs is 7. The van der Waals surface area contributed by atoms with Crippen molar-refractivity contribution in [1.82, 2.24) is 35.3 Å². The Bertz CT molecular complexity index is 2800. The van der Waals surface area contributed by atoms with E-state index >= 15 is 0 Å². The lowest BCUT2D eigenvalue weighted by atomic mass is 9.91. The van der Waals surface area contributed by atoms with Crippen molar-refractivity contribution in [2.24, 2.45) is 16.8 Å². The molecule has 18 heteroatoms. The highest BCUT2D eigenvalue weighted by Gasteiger charge is 2.56. The number of amides is 4. The fourth-order valence-electron chi connectivity index (χ4n) is 10.2. The second-order valence-corrected chi connectivity index (χ2v) is 18.0. The van der Waals surface area contributed by atoms with Gasteiger partial charge >= 0.3 is 18.8 Å². The maximum absolute atomic E-state index is 14.4. The van der Waals surface area contributed by atoms with Crippen molar-refractivity contribution < 1.29 is 46.9 Å². The third-order valence-electron chi connectivity index (χ3n) is 13.6. The molecule has 4 aliphatic heterocycles. The van der Waals surface area contributed by atoms with Crippen LogP contribution in [0.5, 0.6) is 5.75 Å². The molecule has 5 aliphatic rings. The number of nitrogens with zero attached hydrogens (tertiary/aromatic N) is 5. The quantitative estimate of drug-likeness (QED) is 0.116. The summed E-state index contributed by atoms with van der Waals surface area (Å²) in [4.78, 5) is 71.3. The van der Waals surface area contributed by atoms with Crippen molar-refractivity contribution in [3.05, 3.63) is 102 Å². The minimum atomic E-state index is -2.99. The Balaban J connectivity index is 0.887. The Kier molecular flexibility index (Phi) is 11.6. The van der Waals surface area contributed by atoms with Gasteiger partial charge in [0, 0.05) is 30.3 Å². The normalized spacial score (nSPS) is 21.2. The van der Waals surface area contributed by atoms with E-state index in [0.29, 0.717) is 36.0 Å². The molecule has 0 radical (unpaired) electrons. The molecule has 10 rings (SSSR count). The Morgan fingerprint density at radius 1 is 0.910 bits per heavy atom. The Hall–Kier alpha value is -6.92. The summed E-state index contributed by atoms with van der Waals surface area (Å²) >= 11 is 0.